The van der Waals surface area contributed by atoms with Crippen molar-refractivity contribution >= 4 is 20.6 Å². The Morgan fingerprint density at radius 2 is 2.04 bits per heavy atom. The third-order valence-corrected chi connectivity index (χ3v) is 5.96. The van der Waals surface area contributed by atoms with Crippen molar-refractivity contribution in [1.29, 1.82) is 0 Å². The third-order valence-electron chi connectivity index (χ3n) is 4.14. The zero-order chi connectivity index (χ0) is 15.9. The second kappa shape index (κ2) is 5.42. The molecular formula is C16H15N3O3S. The number of rotatable bonds is 2. The maximum absolute atomic E-state index is 11.8. The molecule has 2 aromatic heterocycles. The van der Waals surface area contributed by atoms with Crippen LogP contribution in [0.4, 0.5) is 0 Å². The van der Waals surface area contributed by atoms with E-state index in [0.717, 1.165) is 17.2 Å². The standard InChI is InChI=1S/C16H15N3O3S/c20-23(21)9-3-5-12(10-23)16-18-15(19-22-16)14-13-6-2-1-4-11(13)7-8-17-14/h1-2,4,6-8,12H,3,5,9-10H2/t12-/m0/s1. The molecule has 0 unspecified atom stereocenters. The highest BCUT2D eigenvalue weighted by molar-refractivity contribution is 7.91. The molecule has 1 aliphatic heterocycles. The maximum atomic E-state index is 11.8. The molecule has 3 aromatic rings. The zero-order valence-corrected chi connectivity index (χ0v) is 13.2. The molecule has 0 spiro atoms. The molecular weight excluding hydrogens is 314 g/mol. The Morgan fingerprint density at radius 3 is 2.91 bits per heavy atom. The van der Waals surface area contributed by atoms with Gasteiger partial charge in [-0.15, -0.1) is 0 Å². The molecule has 3 heterocycles. The molecule has 0 aliphatic carbocycles. The van der Waals surface area contributed by atoms with E-state index < -0.39 is 9.84 Å². The van der Waals surface area contributed by atoms with Crippen LogP contribution in [0, 0.1) is 0 Å². The predicted octanol–water partition coefficient (Wildman–Crippen LogP) is 2.58. The van der Waals surface area contributed by atoms with Gasteiger partial charge in [-0.05, 0) is 24.3 Å². The fourth-order valence-electron chi connectivity index (χ4n) is 3.01. The average molecular weight is 329 g/mol. The van der Waals surface area contributed by atoms with Gasteiger partial charge >= 0.3 is 0 Å². The van der Waals surface area contributed by atoms with E-state index in [1.807, 2.05) is 30.3 Å². The summed E-state index contributed by atoms with van der Waals surface area (Å²) >= 11 is 0. The number of aromatic nitrogens is 3. The smallest absolute Gasteiger partial charge is 0.231 e. The SMILES string of the molecule is O=S1(=O)CCC[C@H](c2nc(-c3nccc4ccccc34)no2)C1. The molecule has 1 fully saturated rings. The predicted molar refractivity (Wildman–Crippen MR) is 85.7 cm³/mol. The van der Waals surface area contributed by atoms with Crippen molar-refractivity contribution in [2.75, 3.05) is 11.5 Å². The summed E-state index contributed by atoms with van der Waals surface area (Å²) in [7, 11) is -3.01. The topological polar surface area (TPSA) is 86.0 Å². The van der Waals surface area contributed by atoms with Gasteiger partial charge in [0.05, 0.1) is 17.4 Å². The van der Waals surface area contributed by atoms with Crippen LogP contribution in [0.3, 0.4) is 0 Å². The largest absolute Gasteiger partial charge is 0.339 e. The van der Waals surface area contributed by atoms with Gasteiger partial charge in [0.15, 0.2) is 9.84 Å². The van der Waals surface area contributed by atoms with Gasteiger partial charge in [0.25, 0.3) is 0 Å². The van der Waals surface area contributed by atoms with Gasteiger partial charge in [0.2, 0.25) is 11.7 Å². The first-order chi connectivity index (χ1) is 11.1. The molecule has 1 atom stereocenters. The second-order valence-corrected chi connectivity index (χ2v) is 8.02. The van der Waals surface area contributed by atoms with Gasteiger partial charge in [-0.3, -0.25) is 4.98 Å². The number of sulfone groups is 1. The quantitative estimate of drug-likeness (QED) is 0.718. The number of pyridine rings is 1. The lowest BCUT2D eigenvalue weighted by atomic mass is 10.1. The van der Waals surface area contributed by atoms with E-state index in [1.54, 1.807) is 6.20 Å². The van der Waals surface area contributed by atoms with E-state index in [9.17, 15) is 8.42 Å². The number of nitrogens with zero attached hydrogens (tertiary/aromatic N) is 3. The molecule has 0 bridgehead atoms. The van der Waals surface area contributed by atoms with Crippen LogP contribution in [0.5, 0.6) is 0 Å². The first-order valence-corrected chi connectivity index (χ1v) is 9.33. The molecule has 0 N–H and O–H groups in total. The Balaban J connectivity index is 1.73. The average Bonchev–Trinajstić information content (AvgIpc) is 3.03. The van der Waals surface area contributed by atoms with Gasteiger partial charge in [0.1, 0.15) is 5.69 Å². The van der Waals surface area contributed by atoms with Crippen LogP contribution in [0.15, 0.2) is 41.1 Å². The normalized spacial score (nSPS) is 20.6. The van der Waals surface area contributed by atoms with Crippen molar-refractivity contribution in [2.45, 2.75) is 18.8 Å². The summed E-state index contributed by atoms with van der Waals surface area (Å²) < 4.78 is 28.9. The molecule has 0 amide bonds. The van der Waals surface area contributed by atoms with Crippen LogP contribution in [0.1, 0.15) is 24.7 Å². The Morgan fingerprint density at radius 1 is 1.17 bits per heavy atom. The minimum atomic E-state index is -3.01. The molecule has 0 radical (unpaired) electrons. The lowest BCUT2D eigenvalue weighted by Crippen LogP contribution is -2.23. The molecule has 23 heavy (non-hydrogen) atoms. The third kappa shape index (κ3) is 2.72. The summed E-state index contributed by atoms with van der Waals surface area (Å²) in [6.07, 6.45) is 3.10. The lowest BCUT2D eigenvalue weighted by Gasteiger charge is -2.17. The molecule has 6 nitrogen and oxygen atoms in total. The van der Waals surface area contributed by atoms with Gasteiger partial charge in [-0.25, -0.2) is 8.42 Å². The molecule has 1 saturated heterocycles. The van der Waals surface area contributed by atoms with Gasteiger partial charge in [-0.1, -0.05) is 29.4 Å². The van der Waals surface area contributed by atoms with E-state index in [1.165, 1.54) is 0 Å². The lowest BCUT2D eigenvalue weighted by molar-refractivity contribution is 0.350. The fourth-order valence-corrected chi connectivity index (χ4v) is 4.71. The summed E-state index contributed by atoms with van der Waals surface area (Å²) in [5.74, 6) is 0.898. The Kier molecular flexibility index (Phi) is 3.37. The first-order valence-electron chi connectivity index (χ1n) is 7.50. The monoisotopic (exact) mass is 329 g/mol. The summed E-state index contributed by atoms with van der Waals surface area (Å²) in [6, 6.07) is 9.77. The van der Waals surface area contributed by atoms with Crippen molar-refractivity contribution in [3.63, 3.8) is 0 Å². The Hall–Kier alpha value is -2.28. The van der Waals surface area contributed by atoms with E-state index in [-0.39, 0.29) is 17.4 Å². The molecule has 118 valence electrons. The van der Waals surface area contributed by atoms with Crippen molar-refractivity contribution in [2.24, 2.45) is 0 Å². The van der Waals surface area contributed by atoms with Crippen molar-refractivity contribution < 1.29 is 12.9 Å². The van der Waals surface area contributed by atoms with E-state index in [4.69, 9.17) is 4.52 Å². The Labute approximate surface area is 133 Å². The summed E-state index contributed by atoms with van der Waals surface area (Å²) in [5.41, 5.74) is 0.650. The van der Waals surface area contributed by atoms with Crippen LogP contribution in [0.2, 0.25) is 0 Å². The molecule has 1 aromatic carbocycles. The highest BCUT2D eigenvalue weighted by Crippen LogP contribution is 2.30. The fraction of sp³-hybridized carbons (Fsp3) is 0.312. The van der Waals surface area contributed by atoms with Gasteiger partial charge in [0, 0.05) is 11.6 Å². The molecule has 7 heteroatoms. The zero-order valence-electron chi connectivity index (χ0n) is 12.3. The first kappa shape index (κ1) is 14.3. The molecule has 4 rings (SSSR count). The summed E-state index contributed by atoms with van der Waals surface area (Å²) in [4.78, 5) is 8.78. The van der Waals surface area contributed by atoms with Crippen LogP contribution >= 0.6 is 0 Å². The van der Waals surface area contributed by atoms with Crippen LogP contribution < -0.4 is 0 Å². The number of hydrogen-bond donors (Lipinski definition) is 0. The summed E-state index contributed by atoms with van der Waals surface area (Å²) in [6.45, 7) is 0. The van der Waals surface area contributed by atoms with Crippen molar-refractivity contribution in [1.82, 2.24) is 15.1 Å². The van der Waals surface area contributed by atoms with Crippen LogP contribution in [-0.2, 0) is 9.84 Å². The number of benzene rings is 1. The minimum absolute atomic E-state index is 0.0810. The van der Waals surface area contributed by atoms with Gasteiger partial charge < -0.3 is 4.52 Å². The molecule has 0 saturated carbocycles. The van der Waals surface area contributed by atoms with Crippen LogP contribution in [0.25, 0.3) is 22.3 Å². The van der Waals surface area contributed by atoms with E-state index in [2.05, 4.69) is 15.1 Å². The van der Waals surface area contributed by atoms with Crippen molar-refractivity contribution in [3.05, 3.63) is 42.4 Å². The van der Waals surface area contributed by atoms with Crippen molar-refractivity contribution in [3.8, 4) is 11.5 Å². The van der Waals surface area contributed by atoms with Crippen LogP contribution in [-0.4, -0.2) is 35.0 Å². The molecule has 1 aliphatic rings. The highest BCUT2D eigenvalue weighted by Gasteiger charge is 2.30. The Bertz CT molecular complexity index is 960. The minimum Gasteiger partial charge on any atom is -0.339 e. The summed E-state index contributed by atoms with van der Waals surface area (Å²) in [5, 5.41) is 6.00. The highest BCUT2D eigenvalue weighted by atomic mass is 32.2. The maximum Gasteiger partial charge on any atom is 0.231 e. The number of hydrogen-bond acceptors (Lipinski definition) is 6. The van der Waals surface area contributed by atoms with E-state index in [0.29, 0.717) is 23.8 Å². The second-order valence-electron chi connectivity index (χ2n) is 5.79. The van der Waals surface area contributed by atoms with Gasteiger partial charge in [-0.2, -0.15) is 4.98 Å². The van der Waals surface area contributed by atoms with E-state index >= 15 is 0 Å². The number of fused-ring (bicyclic) bond motifs is 1.